The Labute approximate surface area is 221 Å². The number of rotatable bonds is 3. The lowest BCUT2D eigenvalue weighted by Gasteiger charge is -2.43. The van der Waals surface area contributed by atoms with E-state index in [1.807, 2.05) is 23.1 Å². The lowest BCUT2D eigenvalue weighted by molar-refractivity contribution is -0.207. The van der Waals surface area contributed by atoms with Gasteiger partial charge in [0, 0.05) is 36.6 Å². The van der Waals surface area contributed by atoms with Gasteiger partial charge in [-0.2, -0.15) is 18.4 Å². The van der Waals surface area contributed by atoms with Crippen LogP contribution in [0.4, 0.5) is 23.4 Å². The normalized spacial score (nSPS) is 22.3. The van der Waals surface area contributed by atoms with E-state index in [1.165, 1.54) is 6.07 Å². The summed E-state index contributed by atoms with van der Waals surface area (Å²) in [5.74, 6) is 0.287. The Bertz CT molecular complexity index is 1400. The molecule has 4 heterocycles. The number of nitrogens with zero attached hydrogens (tertiary/aromatic N) is 7. The Morgan fingerprint density at radius 2 is 1.79 bits per heavy atom. The van der Waals surface area contributed by atoms with Crippen LogP contribution in [0.15, 0.2) is 30.3 Å². The molecule has 2 aromatic heterocycles. The van der Waals surface area contributed by atoms with Gasteiger partial charge in [-0.15, -0.1) is 10.2 Å². The van der Waals surface area contributed by atoms with Gasteiger partial charge in [-0.1, -0.05) is 11.6 Å². The highest BCUT2D eigenvalue weighted by molar-refractivity contribution is 6.30. The number of hydrogen-bond acceptors (Lipinski definition) is 6. The Kier molecular flexibility index (Phi) is 6.27. The highest BCUT2D eigenvalue weighted by Crippen LogP contribution is 2.45. The number of pyridine rings is 1. The first kappa shape index (κ1) is 25.1. The molecule has 0 bridgehead atoms. The van der Waals surface area contributed by atoms with E-state index in [1.54, 1.807) is 12.1 Å². The average Bonchev–Trinajstić information content (AvgIpc) is 3.19. The largest absolute Gasteiger partial charge is 0.391 e. The van der Waals surface area contributed by atoms with Crippen molar-refractivity contribution < 1.29 is 17.6 Å². The van der Waals surface area contributed by atoms with Gasteiger partial charge in [0.05, 0.1) is 18.2 Å². The minimum atomic E-state index is -4.16. The molecule has 0 amide bonds. The molecule has 1 saturated carbocycles. The molecule has 0 radical (unpaired) electrons. The molecule has 12 heteroatoms. The maximum absolute atomic E-state index is 13.7. The monoisotopic (exact) mass is 545 g/mol. The van der Waals surface area contributed by atoms with Crippen molar-refractivity contribution >= 4 is 17.4 Å². The summed E-state index contributed by atoms with van der Waals surface area (Å²) in [4.78, 5) is 8.24. The fourth-order valence-electron chi connectivity index (χ4n) is 5.78. The third-order valence-electron chi connectivity index (χ3n) is 7.97. The summed E-state index contributed by atoms with van der Waals surface area (Å²) in [7, 11) is 0. The smallest absolute Gasteiger partial charge is 0.357 e. The molecule has 6 rings (SSSR count). The quantitative estimate of drug-likeness (QED) is 0.412. The molecule has 0 atom stereocenters. The molecule has 0 N–H and O–H groups in total. The van der Waals surface area contributed by atoms with Crippen LogP contribution in [0.2, 0.25) is 5.02 Å². The second-order valence-electron chi connectivity index (χ2n) is 10.2. The van der Waals surface area contributed by atoms with Crippen LogP contribution in [0.25, 0.3) is 5.69 Å². The molecule has 1 aromatic carbocycles. The van der Waals surface area contributed by atoms with Crippen LogP contribution in [-0.2, 0) is 13.1 Å². The van der Waals surface area contributed by atoms with Gasteiger partial charge in [0.25, 0.3) is 0 Å². The number of alkyl halides is 3. The highest BCUT2D eigenvalue weighted by Gasteiger charge is 2.49. The van der Waals surface area contributed by atoms with E-state index in [4.69, 9.17) is 16.9 Å². The molecule has 2 aliphatic heterocycles. The average molecular weight is 546 g/mol. The molecule has 1 aliphatic carbocycles. The third-order valence-corrected chi connectivity index (χ3v) is 8.20. The van der Waals surface area contributed by atoms with Crippen molar-refractivity contribution in [3.8, 4) is 11.8 Å². The third kappa shape index (κ3) is 4.50. The standard InChI is InChI=1S/C26H24ClF4N7/c27-18-1-3-22-16(9-18)13-37(19-10-17(11-19)26(29,30)31)14-24-34-35-25(38(22)24)15-5-7-36(8-6-15)23-4-2-20(28)21(12-32)33-23/h1-4,9,15,17,19H,5-8,10-11,13-14H2. The Morgan fingerprint density at radius 1 is 1.03 bits per heavy atom. The second kappa shape index (κ2) is 9.50. The Balaban J connectivity index is 1.25. The maximum Gasteiger partial charge on any atom is 0.391 e. The topological polar surface area (TPSA) is 73.9 Å². The number of halogens is 5. The number of nitriles is 1. The number of piperidine rings is 1. The molecule has 1 saturated heterocycles. The maximum atomic E-state index is 13.7. The summed E-state index contributed by atoms with van der Waals surface area (Å²) in [5, 5.41) is 18.7. The van der Waals surface area contributed by atoms with Crippen LogP contribution in [0.1, 0.15) is 54.5 Å². The summed E-state index contributed by atoms with van der Waals surface area (Å²) in [6.45, 7) is 2.20. The van der Waals surface area contributed by atoms with Crippen LogP contribution < -0.4 is 4.90 Å². The van der Waals surface area contributed by atoms with E-state index in [2.05, 4.69) is 24.6 Å². The molecule has 7 nitrogen and oxygen atoms in total. The predicted octanol–water partition coefficient (Wildman–Crippen LogP) is 5.37. The van der Waals surface area contributed by atoms with Gasteiger partial charge < -0.3 is 4.90 Å². The number of hydrogen-bond donors (Lipinski definition) is 0. The van der Waals surface area contributed by atoms with Crippen molar-refractivity contribution in [2.75, 3.05) is 18.0 Å². The summed E-state index contributed by atoms with van der Waals surface area (Å²) < 4.78 is 55.2. The van der Waals surface area contributed by atoms with Gasteiger partial charge in [-0.3, -0.25) is 9.47 Å². The zero-order chi connectivity index (χ0) is 26.6. The first-order valence-electron chi connectivity index (χ1n) is 12.6. The SMILES string of the molecule is N#Cc1nc(N2CCC(c3nnc4n3-c3ccc(Cl)cc3CN(C3CC(C(F)(F)F)C3)C4)CC2)ccc1F. The highest BCUT2D eigenvalue weighted by atomic mass is 35.5. The number of anilines is 1. The predicted molar refractivity (Wildman–Crippen MR) is 131 cm³/mol. The van der Waals surface area contributed by atoms with Crippen LogP contribution in [0.5, 0.6) is 0 Å². The lowest BCUT2D eigenvalue weighted by Crippen LogP contribution is -2.48. The van der Waals surface area contributed by atoms with E-state index >= 15 is 0 Å². The fraction of sp³-hybridized carbons (Fsp3) is 0.462. The van der Waals surface area contributed by atoms with Crippen LogP contribution in [-0.4, -0.2) is 50.0 Å². The van der Waals surface area contributed by atoms with Crippen molar-refractivity contribution in [2.45, 2.75) is 56.9 Å². The number of benzene rings is 1. The van der Waals surface area contributed by atoms with Crippen molar-refractivity contribution in [3.05, 3.63) is 64.1 Å². The first-order valence-corrected chi connectivity index (χ1v) is 12.9. The molecule has 198 valence electrons. The minimum Gasteiger partial charge on any atom is -0.357 e. The molecular weight excluding hydrogens is 522 g/mol. The van der Waals surface area contributed by atoms with E-state index in [-0.39, 0.29) is 30.5 Å². The van der Waals surface area contributed by atoms with Gasteiger partial charge >= 0.3 is 6.18 Å². The van der Waals surface area contributed by atoms with Gasteiger partial charge in [0.15, 0.2) is 17.3 Å². The first-order chi connectivity index (χ1) is 18.2. The number of fused-ring (bicyclic) bond motifs is 3. The van der Waals surface area contributed by atoms with Crippen molar-refractivity contribution in [3.63, 3.8) is 0 Å². The van der Waals surface area contributed by atoms with Crippen LogP contribution >= 0.6 is 11.6 Å². The van der Waals surface area contributed by atoms with Crippen LogP contribution in [0.3, 0.4) is 0 Å². The molecule has 3 aromatic rings. The molecular formula is C26H24ClF4N7. The summed E-state index contributed by atoms with van der Waals surface area (Å²) >= 11 is 6.32. The second-order valence-corrected chi connectivity index (χ2v) is 10.7. The van der Waals surface area contributed by atoms with Gasteiger partial charge in [0.1, 0.15) is 17.7 Å². The minimum absolute atomic E-state index is 0.0871. The van der Waals surface area contributed by atoms with Gasteiger partial charge in [-0.05, 0) is 61.6 Å². The molecule has 38 heavy (non-hydrogen) atoms. The van der Waals surface area contributed by atoms with Gasteiger partial charge in [0.2, 0.25) is 0 Å². The molecule has 2 fully saturated rings. The number of aromatic nitrogens is 4. The Hall–Kier alpha value is -3.23. The van der Waals surface area contributed by atoms with Crippen molar-refractivity contribution in [1.29, 1.82) is 5.26 Å². The molecule has 0 unspecified atom stereocenters. The van der Waals surface area contributed by atoms with E-state index in [9.17, 15) is 17.6 Å². The summed E-state index contributed by atoms with van der Waals surface area (Å²) in [6, 6.07) is 10.1. The zero-order valence-corrected chi connectivity index (χ0v) is 21.1. The van der Waals surface area contributed by atoms with Crippen molar-refractivity contribution in [1.82, 2.24) is 24.6 Å². The lowest BCUT2D eigenvalue weighted by atomic mass is 9.78. The van der Waals surface area contributed by atoms with E-state index in [0.717, 1.165) is 29.9 Å². The summed E-state index contributed by atoms with van der Waals surface area (Å²) in [5.41, 5.74) is 1.62. The fourth-order valence-corrected chi connectivity index (χ4v) is 5.97. The van der Waals surface area contributed by atoms with Gasteiger partial charge in [-0.25, -0.2) is 9.37 Å². The van der Waals surface area contributed by atoms with Crippen LogP contribution in [0, 0.1) is 23.1 Å². The molecule has 0 spiro atoms. The summed E-state index contributed by atoms with van der Waals surface area (Å²) in [6.07, 6.45) is -2.48. The zero-order valence-electron chi connectivity index (χ0n) is 20.3. The Morgan fingerprint density at radius 3 is 2.50 bits per heavy atom. The van der Waals surface area contributed by atoms with E-state index in [0.29, 0.717) is 42.8 Å². The van der Waals surface area contributed by atoms with E-state index < -0.39 is 17.9 Å². The van der Waals surface area contributed by atoms with Crippen molar-refractivity contribution in [2.24, 2.45) is 5.92 Å². The molecule has 3 aliphatic rings.